The van der Waals surface area contributed by atoms with Crippen LogP contribution in [0.1, 0.15) is 17.0 Å². The monoisotopic (exact) mass is 222 g/mol. The first-order valence-corrected chi connectivity index (χ1v) is 5.10. The van der Waals surface area contributed by atoms with Gasteiger partial charge in [-0.1, -0.05) is 5.16 Å². The van der Waals surface area contributed by atoms with Crippen LogP contribution in [0.3, 0.4) is 0 Å². The van der Waals surface area contributed by atoms with E-state index in [9.17, 15) is 4.79 Å². The minimum atomic E-state index is -0.105. The Hall–Kier alpha value is -1.85. The summed E-state index contributed by atoms with van der Waals surface area (Å²) in [6, 6.07) is 0. The van der Waals surface area contributed by atoms with Gasteiger partial charge >= 0.3 is 5.69 Å². The third-order valence-corrected chi connectivity index (χ3v) is 2.67. The van der Waals surface area contributed by atoms with E-state index in [1.54, 1.807) is 17.9 Å². The first-order chi connectivity index (χ1) is 7.59. The lowest BCUT2D eigenvalue weighted by Crippen LogP contribution is -2.23. The van der Waals surface area contributed by atoms with E-state index in [0.717, 1.165) is 23.4 Å². The fourth-order valence-corrected chi connectivity index (χ4v) is 1.67. The molecule has 6 nitrogen and oxygen atoms in total. The van der Waals surface area contributed by atoms with E-state index in [-0.39, 0.29) is 5.69 Å². The highest BCUT2D eigenvalue weighted by Crippen LogP contribution is 2.12. The Bertz CT molecular complexity index is 530. The summed E-state index contributed by atoms with van der Waals surface area (Å²) in [5, 5.41) is 7.76. The summed E-state index contributed by atoms with van der Waals surface area (Å²) in [6.07, 6.45) is 2.27. The van der Waals surface area contributed by atoms with E-state index < -0.39 is 0 Å². The van der Waals surface area contributed by atoms with Crippen LogP contribution in [0, 0.1) is 13.8 Å². The molecule has 0 N–H and O–H groups in total. The van der Waals surface area contributed by atoms with Crippen molar-refractivity contribution < 1.29 is 4.52 Å². The van der Waals surface area contributed by atoms with Crippen LogP contribution in [0.5, 0.6) is 0 Å². The van der Waals surface area contributed by atoms with Crippen LogP contribution in [0.4, 0.5) is 0 Å². The van der Waals surface area contributed by atoms with Crippen LogP contribution in [0.2, 0.25) is 0 Å². The molecule has 2 rings (SSSR count). The van der Waals surface area contributed by atoms with E-state index >= 15 is 0 Å². The molecule has 6 heteroatoms. The van der Waals surface area contributed by atoms with Crippen molar-refractivity contribution in [1.82, 2.24) is 19.5 Å². The maximum absolute atomic E-state index is 11.5. The molecule has 2 aromatic heterocycles. The number of hydrogen-bond donors (Lipinski definition) is 0. The molecule has 0 aliphatic rings. The molecule has 0 aromatic carbocycles. The van der Waals surface area contributed by atoms with E-state index in [2.05, 4.69) is 10.3 Å². The molecule has 0 bridgehead atoms. The Balaban J connectivity index is 2.14. The maximum atomic E-state index is 11.5. The molecule has 0 spiro atoms. The SMILES string of the molecule is Cc1noc(C)c1CCn1cnn(C)c1=O. The summed E-state index contributed by atoms with van der Waals surface area (Å²) in [5.74, 6) is 0.814. The van der Waals surface area contributed by atoms with E-state index in [4.69, 9.17) is 4.52 Å². The highest BCUT2D eigenvalue weighted by molar-refractivity contribution is 5.20. The van der Waals surface area contributed by atoms with Gasteiger partial charge in [0.1, 0.15) is 12.1 Å². The Kier molecular flexibility index (Phi) is 2.64. The lowest BCUT2D eigenvalue weighted by molar-refractivity contribution is 0.392. The summed E-state index contributed by atoms with van der Waals surface area (Å²) in [5.41, 5.74) is 1.84. The number of nitrogens with zero attached hydrogens (tertiary/aromatic N) is 4. The van der Waals surface area contributed by atoms with Gasteiger partial charge in [-0.25, -0.2) is 9.48 Å². The van der Waals surface area contributed by atoms with Crippen LogP contribution in [-0.4, -0.2) is 19.5 Å². The van der Waals surface area contributed by atoms with Crippen molar-refractivity contribution in [3.8, 4) is 0 Å². The summed E-state index contributed by atoms with van der Waals surface area (Å²) in [6.45, 7) is 4.37. The molecule has 2 aromatic rings. The van der Waals surface area contributed by atoms with Gasteiger partial charge < -0.3 is 4.52 Å². The van der Waals surface area contributed by atoms with Crippen molar-refractivity contribution in [3.05, 3.63) is 33.8 Å². The van der Waals surface area contributed by atoms with Gasteiger partial charge in [0.05, 0.1) is 5.69 Å². The predicted octanol–water partition coefficient (Wildman–Crippen LogP) is 0.429. The molecule has 0 amide bonds. The third kappa shape index (κ3) is 1.78. The minimum Gasteiger partial charge on any atom is -0.361 e. The lowest BCUT2D eigenvalue weighted by atomic mass is 10.1. The highest BCUT2D eigenvalue weighted by Gasteiger charge is 2.09. The summed E-state index contributed by atoms with van der Waals surface area (Å²) in [4.78, 5) is 11.5. The molecule has 86 valence electrons. The maximum Gasteiger partial charge on any atom is 0.345 e. The molecule has 0 radical (unpaired) electrons. The molecular formula is C10H14N4O2. The van der Waals surface area contributed by atoms with Crippen LogP contribution < -0.4 is 5.69 Å². The quantitative estimate of drug-likeness (QED) is 0.755. The van der Waals surface area contributed by atoms with Crippen LogP contribution in [-0.2, 0) is 20.0 Å². The van der Waals surface area contributed by atoms with Crippen LogP contribution in [0.15, 0.2) is 15.6 Å². The Morgan fingerprint density at radius 1 is 1.44 bits per heavy atom. The number of aryl methyl sites for hydroxylation is 4. The largest absolute Gasteiger partial charge is 0.361 e. The number of aromatic nitrogens is 4. The predicted molar refractivity (Wildman–Crippen MR) is 57.1 cm³/mol. The molecule has 0 unspecified atom stereocenters. The molecule has 2 heterocycles. The van der Waals surface area contributed by atoms with Gasteiger partial charge in [-0.3, -0.25) is 4.57 Å². The Labute approximate surface area is 92.5 Å². The van der Waals surface area contributed by atoms with E-state index in [1.807, 2.05) is 13.8 Å². The van der Waals surface area contributed by atoms with Crippen LogP contribution >= 0.6 is 0 Å². The standard InChI is InChI=1S/C10H14N4O2/c1-7-9(8(2)16-12-7)4-5-14-6-11-13(3)10(14)15/h6H,4-5H2,1-3H3. The highest BCUT2D eigenvalue weighted by atomic mass is 16.5. The molecule has 0 aliphatic heterocycles. The van der Waals surface area contributed by atoms with Crippen molar-refractivity contribution in [2.45, 2.75) is 26.8 Å². The Morgan fingerprint density at radius 2 is 2.19 bits per heavy atom. The molecule has 0 aliphatic carbocycles. The average molecular weight is 222 g/mol. The lowest BCUT2D eigenvalue weighted by Gasteiger charge is -1.99. The van der Waals surface area contributed by atoms with Crippen molar-refractivity contribution >= 4 is 0 Å². The molecule has 0 fully saturated rings. The third-order valence-electron chi connectivity index (χ3n) is 2.67. The van der Waals surface area contributed by atoms with Gasteiger partial charge in [0.2, 0.25) is 0 Å². The molecular weight excluding hydrogens is 208 g/mol. The molecule has 0 atom stereocenters. The smallest absolute Gasteiger partial charge is 0.345 e. The average Bonchev–Trinajstić information content (AvgIpc) is 2.73. The molecule has 0 saturated carbocycles. The van der Waals surface area contributed by atoms with Crippen LogP contribution in [0.25, 0.3) is 0 Å². The second-order valence-corrected chi connectivity index (χ2v) is 3.78. The normalized spacial score (nSPS) is 10.9. The van der Waals surface area contributed by atoms with Crippen molar-refractivity contribution in [3.63, 3.8) is 0 Å². The molecule has 16 heavy (non-hydrogen) atoms. The summed E-state index contributed by atoms with van der Waals surface area (Å²) < 4.78 is 7.95. The van der Waals surface area contributed by atoms with Crippen molar-refractivity contribution in [2.24, 2.45) is 7.05 Å². The van der Waals surface area contributed by atoms with Gasteiger partial charge in [0, 0.05) is 19.2 Å². The fraction of sp³-hybridized carbons (Fsp3) is 0.500. The second-order valence-electron chi connectivity index (χ2n) is 3.78. The number of rotatable bonds is 3. The first kappa shape index (κ1) is 10.7. The van der Waals surface area contributed by atoms with Gasteiger partial charge in [-0.15, -0.1) is 0 Å². The second kappa shape index (κ2) is 3.96. The zero-order chi connectivity index (χ0) is 11.7. The van der Waals surface area contributed by atoms with Gasteiger partial charge in [-0.05, 0) is 20.3 Å². The first-order valence-electron chi connectivity index (χ1n) is 5.10. The van der Waals surface area contributed by atoms with Crippen molar-refractivity contribution in [1.29, 1.82) is 0 Å². The van der Waals surface area contributed by atoms with Crippen molar-refractivity contribution in [2.75, 3.05) is 0 Å². The van der Waals surface area contributed by atoms with E-state index in [1.165, 1.54) is 4.68 Å². The minimum absolute atomic E-state index is 0.105. The summed E-state index contributed by atoms with van der Waals surface area (Å²) in [7, 11) is 1.63. The van der Waals surface area contributed by atoms with E-state index in [0.29, 0.717) is 6.54 Å². The topological polar surface area (TPSA) is 65.8 Å². The van der Waals surface area contributed by atoms with Gasteiger partial charge in [-0.2, -0.15) is 5.10 Å². The fourth-order valence-electron chi connectivity index (χ4n) is 1.67. The van der Waals surface area contributed by atoms with Gasteiger partial charge in [0.25, 0.3) is 0 Å². The molecule has 0 saturated heterocycles. The summed E-state index contributed by atoms with van der Waals surface area (Å²) >= 11 is 0. The van der Waals surface area contributed by atoms with Gasteiger partial charge in [0.15, 0.2) is 0 Å². The Morgan fingerprint density at radius 3 is 2.69 bits per heavy atom. The zero-order valence-electron chi connectivity index (χ0n) is 9.60. The zero-order valence-corrected chi connectivity index (χ0v) is 9.60. The number of hydrogen-bond acceptors (Lipinski definition) is 4.